The topological polar surface area (TPSA) is 38.9 Å². The summed E-state index contributed by atoms with van der Waals surface area (Å²) in [5, 5.41) is 0.632. The fourth-order valence-corrected chi connectivity index (χ4v) is 1.81. The lowest BCUT2D eigenvalue weighted by Crippen LogP contribution is -2.13. The predicted molar refractivity (Wildman–Crippen MR) is 66.4 cm³/mol. The first-order valence-electron chi connectivity index (χ1n) is 5.20. The van der Waals surface area contributed by atoms with Crippen molar-refractivity contribution in [1.82, 2.24) is 4.98 Å². The Morgan fingerprint density at radius 1 is 1.35 bits per heavy atom. The Balaban J connectivity index is 2.40. The Kier molecular flexibility index (Phi) is 3.41. The predicted octanol–water partition coefficient (Wildman–Crippen LogP) is 3.23. The minimum absolute atomic E-state index is 0.406. The molecule has 0 saturated heterocycles. The number of nitrogens with zero attached hydrogens (tertiary/aromatic N) is 1. The number of nitrogens with two attached hydrogens (primary N) is 1. The van der Waals surface area contributed by atoms with Crippen molar-refractivity contribution in [2.45, 2.75) is 13.0 Å². The summed E-state index contributed by atoms with van der Waals surface area (Å²) in [6.07, 6.45) is 2.68. The molecule has 2 N–H and O–H groups in total. The molecule has 1 atom stereocenters. The van der Waals surface area contributed by atoms with Gasteiger partial charge in [0.05, 0.1) is 12.2 Å². The number of rotatable bonds is 2. The molecule has 0 aliphatic carbocycles. The van der Waals surface area contributed by atoms with E-state index in [1.54, 1.807) is 12.1 Å². The van der Waals surface area contributed by atoms with Crippen LogP contribution in [0.3, 0.4) is 0 Å². The fraction of sp³-hybridized carbons (Fsp3) is 0.154. The van der Waals surface area contributed by atoms with Crippen molar-refractivity contribution >= 4 is 11.6 Å². The minimum atomic E-state index is -0.531. The summed E-state index contributed by atoms with van der Waals surface area (Å²) < 4.78 is 13.5. The third-order valence-electron chi connectivity index (χ3n) is 2.69. The molecule has 0 amide bonds. The molecule has 0 saturated carbocycles. The van der Waals surface area contributed by atoms with Crippen LogP contribution < -0.4 is 5.73 Å². The van der Waals surface area contributed by atoms with Crippen molar-refractivity contribution < 1.29 is 4.39 Å². The van der Waals surface area contributed by atoms with Gasteiger partial charge in [0.1, 0.15) is 5.82 Å². The van der Waals surface area contributed by atoms with Gasteiger partial charge in [0.25, 0.3) is 0 Å². The summed E-state index contributed by atoms with van der Waals surface area (Å²) in [7, 11) is 0. The van der Waals surface area contributed by atoms with Crippen LogP contribution in [0.25, 0.3) is 0 Å². The normalized spacial score (nSPS) is 12.5. The van der Waals surface area contributed by atoms with Crippen molar-refractivity contribution in [2.24, 2.45) is 5.73 Å². The molecule has 1 heterocycles. The number of aromatic nitrogens is 1. The molecule has 0 spiro atoms. The van der Waals surface area contributed by atoms with Crippen molar-refractivity contribution in [3.63, 3.8) is 0 Å². The highest BCUT2D eigenvalue weighted by Crippen LogP contribution is 2.25. The van der Waals surface area contributed by atoms with Gasteiger partial charge in [-0.2, -0.15) is 0 Å². The number of pyridine rings is 1. The lowest BCUT2D eigenvalue weighted by molar-refractivity contribution is 0.593. The third kappa shape index (κ3) is 2.46. The Morgan fingerprint density at radius 3 is 2.76 bits per heavy atom. The van der Waals surface area contributed by atoms with Gasteiger partial charge >= 0.3 is 0 Å². The highest BCUT2D eigenvalue weighted by molar-refractivity contribution is 6.31. The van der Waals surface area contributed by atoms with Crippen molar-refractivity contribution in [3.8, 4) is 0 Å². The number of hydrogen-bond acceptors (Lipinski definition) is 2. The van der Waals surface area contributed by atoms with Crippen LogP contribution in [0.15, 0.2) is 36.7 Å². The molecule has 2 aromatic rings. The van der Waals surface area contributed by atoms with Gasteiger partial charge in [-0.3, -0.25) is 4.98 Å². The van der Waals surface area contributed by atoms with Gasteiger partial charge < -0.3 is 5.73 Å². The lowest BCUT2D eigenvalue weighted by atomic mass is 9.99. The lowest BCUT2D eigenvalue weighted by Gasteiger charge is -2.14. The molecule has 1 aromatic heterocycles. The highest BCUT2D eigenvalue weighted by atomic mass is 35.5. The van der Waals surface area contributed by atoms with Crippen LogP contribution in [-0.4, -0.2) is 4.98 Å². The molecule has 2 nitrogen and oxygen atoms in total. The highest BCUT2D eigenvalue weighted by Gasteiger charge is 2.14. The van der Waals surface area contributed by atoms with E-state index in [0.717, 1.165) is 17.3 Å². The maximum atomic E-state index is 13.5. The molecule has 4 heteroatoms. The summed E-state index contributed by atoms with van der Waals surface area (Å²) in [5.74, 6) is -0.406. The second-order valence-electron chi connectivity index (χ2n) is 3.88. The maximum absolute atomic E-state index is 13.5. The van der Waals surface area contributed by atoms with Gasteiger partial charge in [-0.1, -0.05) is 23.7 Å². The quantitative estimate of drug-likeness (QED) is 0.889. The van der Waals surface area contributed by atoms with Gasteiger partial charge in [0.15, 0.2) is 0 Å². The standard InChI is InChI=1S/C13H12ClFN2/c1-8-2-3-9(6-11(8)14)13(16)10-4-5-17-7-12(10)15/h2-7,13H,16H2,1H3. The number of benzene rings is 1. The van der Waals surface area contributed by atoms with Crippen LogP contribution >= 0.6 is 11.6 Å². The zero-order valence-electron chi connectivity index (χ0n) is 9.32. The van der Waals surface area contributed by atoms with Gasteiger partial charge in [-0.15, -0.1) is 0 Å². The molecular formula is C13H12ClFN2. The van der Waals surface area contributed by atoms with Crippen LogP contribution in [0.1, 0.15) is 22.7 Å². The number of aryl methyl sites for hydroxylation is 1. The Hall–Kier alpha value is -1.45. The molecule has 1 aromatic carbocycles. The summed E-state index contributed by atoms with van der Waals surface area (Å²) in [6, 6.07) is 6.54. The molecule has 0 aliphatic heterocycles. The second kappa shape index (κ2) is 4.82. The molecule has 88 valence electrons. The molecule has 2 rings (SSSR count). The Morgan fingerprint density at radius 2 is 2.12 bits per heavy atom. The van der Waals surface area contributed by atoms with E-state index in [2.05, 4.69) is 4.98 Å². The molecule has 0 fully saturated rings. The Bertz CT molecular complexity index is 543. The molecular weight excluding hydrogens is 239 g/mol. The summed E-state index contributed by atoms with van der Waals surface area (Å²) in [6.45, 7) is 1.91. The van der Waals surface area contributed by atoms with Crippen LogP contribution in [0, 0.1) is 12.7 Å². The largest absolute Gasteiger partial charge is 0.320 e. The minimum Gasteiger partial charge on any atom is -0.320 e. The van der Waals surface area contributed by atoms with Gasteiger partial charge in [-0.25, -0.2) is 4.39 Å². The van der Waals surface area contributed by atoms with Crippen molar-refractivity contribution in [1.29, 1.82) is 0 Å². The zero-order valence-corrected chi connectivity index (χ0v) is 10.1. The molecule has 17 heavy (non-hydrogen) atoms. The van der Waals surface area contributed by atoms with Crippen LogP contribution in [0.4, 0.5) is 4.39 Å². The molecule has 0 radical (unpaired) electrons. The first kappa shape index (κ1) is 12.0. The first-order valence-corrected chi connectivity index (χ1v) is 5.58. The van der Waals surface area contributed by atoms with Crippen LogP contribution in [-0.2, 0) is 0 Å². The Labute approximate surface area is 104 Å². The van der Waals surface area contributed by atoms with Gasteiger partial charge in [-0.05, 0) is 30.2 Å². The van der Waals surface area contributed by atoms with Crippen LogP contribution in [0.5, 0.6) is 0 Å². The van der Waals surface area contributed by atoms with Crippen LogP contribution in [0.2, 0.25) is 5.02 Å². The summed E-state index contributed by atoms with van der Waals surface area (Å²) >= 11 is 6.02. The molecule has 0 aliphatic rings. The smallest absolute Gasteiger partial charge is 0.146 e. The first-order chi connectivity index (χ1) is 8.09. The second-order valence-corrected chi connectivity index (χ2v) is 4.29. The fourth-order valence-electron chi connectivity index (χ4n) is 1.62. The maximum Gasteiger partial charge on any atom is 0.146 e. The van der Waals surface area contributed by atoms with E-state index in [9.17, 15) is 4.39 Å². The summed E-state index contributed by atoms with van der Waals surface area (Å²) in [5.41, 5.74) is 8.18. The van der Waals surface area contributed by atoms with E-state index in [0.29, 0.717) is 10.6 Å². The molecule has 0 bridgehead atoms. The van der Waals surface area contributed by atoms with E-state index in [-0.39, 0.29) is 0 Å². The summed E-state index contributed by atoms with van der Waals surface area (Å²) in [4.78, 5) is 3.70. The van der Waals surface area contributed by atoms with E-state index >= 15 is 0 Å². The van der Waals surface area contributed by atoms with Gasteiger partial charge in [0.2, 0.25) is 0 Å². The van der Waals surface area contributed by atoms with Crippen molar-refractivity contribution in [2.75, 3.05) is 0 Å². The number of halogens is 2. The SMILES string of the molecule is Cc1ccc(C(N)c2ccncc2F)cc1Cl. The van der Waals surface area contributed by atoms with Crippen molar-refractivity contribution in [3.05, 3.63) is 64.2 Å². The van der Waals surface area contributed by atoms with Gasteiger partial charge in [0, 0.05) is 16.8 Å². The molecule has 1 unspecified atom stereocenters. The monoisotopic (exact) mass is 250 g/mol. The average Bonchev–Trinajstić information content (AvgIpc) is 2.32. The third-order valence-corrected chi connectivity index (χ3v) is 3.10. The zero-order chi connectivity index (χ0) is 12.4. The van der Waals surface area contributed by atoms with E-state index in [1.165, 1.54) is 6.20 Å². The van der Waals surface area contributed by atoms with E-state index in [4.69, 9.17) is 17.3 Å². The van der Waals surface area contributed by atoms with E-state index < -0.39 is 11.9 Å². The average molecular weight is 251 g/mol. The number of hydrogen-bond donors (Lipinski definition) is 1. The van der Waals surface area contributed by atoms with E-state index in [1.807, 2.05) is 19.1 Å².